The molecule has 0 aliphatic carbocycles. The van der Waals surface area contributed by atoms with Gasteiger partial charge in [0.2, 0.25) is 0 Å². The Morgan fingerprint density at radius 2 is 2.33 bits per heavy atom. The van der Waals surface area contributed by atoms with Crippen molar-refractivity contribution < 1.29 is 0 Å². The van der Waals surface area contributed by atoms with E-state index in [-0.39, 0.29) is 0 Å². The fourth-order valence-electron chi connectivity index (χ4n) is 0.999. The Morgan fingerprint density at radius 3 is 2.83 bits per heavy atom. The van der Waals surface area contributed by atoms with Gasteiger partial charge in [0.25, 0.3) is 0 Å². The van der Waals surface area contributed by atoms with Gasteiger partial charge >= 0.3 is 0 Å². The molecule has 2 heteroatoms. The molecule has 0 radical (unpaired) electrons. The third kappa shape index (κ3) is 2.05. The average Bonchev–Trinajstić information content (AvgIpc) is 2.16. The largest absolute Gasteiger partial charge is 0.129 e. The highest BCUT2D eigenvalue weighted by Crippen LogP contribution is 2.23. The molecule has 0 aliphatic rings. The van der Waals surface area contributed by atoms with Crippen LogP contribution in [0.3, 0.4) is 0 Å². The van der Waals surface area contributed by atoms with Gasteiger partial charge in [-0.2, -0.15) is 0 Å². The van der Waals surface area contributed by atoms with Crippen molar-refractivity contribution >= 4 is 29.4 Å². The molecule has 0 bridgehead atoms. The van der Waals surface area contributed by atoms with Crippen LogP contribution in [0.2, 0.25) is 0 Å². The van der Waals surface area contributed by atoms with Crippen molar-refractivity contribution in [3.8, 4) is 0 Å². The van der Waals surface area contributed by atoms with Crippen LogP contribution in [-0.4, -0.2) is 6.26 Å². The molecular weight excluding hydrogens is 188 g/mol. The van der Waals surface area contributed by atoms with Crippen LogP contribution < -0.4 is 0 Å². The van der Waals surface area contributed by atoms with E-state index in [0.29, 0.717) is 5.88 Å². The summed E-state index contributed by atoms with van der Waals surface area (Å²) in [5.41, 5.74) is 2.34. The fourth-order valence-corrected chi connectivity index (χ4v) is 1.97. The molecule has 12 heavy (non-hydrogen) atoms. The van der Waals surface area contributed by atoms with Gasteiger partial charge in [-0.1, -0.05) is 24.8 Å². The standard InChI is InChI=1S/C10H11ClS/c1-3-8-4-5-9(7-11)10(6-8)12-2/h3-6H,1,7H2,2H3. The lowest BCUT2D eigenvalue weighted by molar-refractivity contribution is 1.26. The van der Waals surface area contributed by atoms with Gasteiger partial charge in [-0.15, -0.1) is 23.4 Å². The van der Waals surface area contributed by atoms with E-state index in [1.165, 1.54) is 10.5 Å². The predicted molar refractivity (Wildman–Crippen MR) is 57.9 cm³/mol. The highest BCUT2D eigenvalue weighted by atomic mass is 35.5. The molecule has 0 saturated heterocycles. The highest BCUT2D eigenvalue weighted by molar-refractivity contribution is 7.98. The van der Waals surface area contributed by atoms with Crippen LogP contribution in [0.5, 0.6) is 0 Å². The van der Waals surface area contributed by atoms with E-state index in [4.69, 9.17) is 11.6 Å². The summed E-state index contributed by atoms with van der Waals surface area (Å²) >= 11 is 7.48. The van der Waals surface area contributed by atoms with Crippen molar-refractivity contribution in [2.75, 3.05) is 6.26 Å². The number of hydrogen-bond donors (Lipinski definition) is 0. The van der Waals surface area contributed by atoms with Gasteiger partial charge in [0.15, 0.2) is 0 Å². The molecule has 0 saturated carbocycles. The summed E-state index contributed by atoms with van der Waals surface area (Å²) in [5, 5.41) is 0. The maximum Gasteiger partial charge on any atom is 0.0485 e. The molecule has 0 spiro atoms. The normalized spacial score (nSPS) is 9.83. The topological polar surface area (TPSA) is 0 Å². The molecule has 0 fully saturated rings. The lowest BCUT2D eigenvalue weighted by Gasteiger charge is -2.04. The van der Waals surface area contributed by atoms with Crippen molar-refractivity contribution in [2.24, 2.45) is 0 Å². The monoisotopic (exact) mass is 198 g/mol. The minimum atomic E-state index is 0.577. The SMILES string of the molecule is C=Cc1ccc(CCl)c(SC)c1. The second-order valence-electron chi connectivity index (χ2n) is 2.41. The molecule has 1 aromatic rings. The van der Waals surface area contributed by atoms with Crippen LogP contribution in [0.15, 0.2) is 29.7 Å². The zero-order valence-corrected chi connectivity index (χ0v) is 8.58. The predicted octanol–water partition coefficient (Wildman–Crippen LogP) is 3.79. The Bertz CT molecular complexity index is 281. The maximum absolute atomic E-state index is 5.77. The fraction of sp³-hybridized carbons (Fsp3) is 0.200. The molecule has 0 heterocycles. The van der Waals surface area contributed by atoms with Crippen molar-refractivity contribution in [2.45, 2.75) is 10.8 Å². The van der Waals surface area contributed by atoms with E-state index in [1.54, 1.807) is 11.8 Å². The van der Waals surface area contributed by atoms with Gasteiger partial charge in [-0.3, -0.25) is 0 Å². The Balaban J connectivity index is 3.10. The molecule has 1 aromatic carbocycles. The summed E-state index contributed by atoms with van der Waals surface area (Å²) in [4.78, 5) is 1.24. The van der Waals surface area contributed by atoms with Crippen molar-refractivity contribution in [1.29, 1.82) is 0 Å². The molecule has 0 N–H and O–H groups in total. The number of alkyl halides is 1. The van der Waals surface area contributed by atoms with Crippen molar-refractivity contribution in [3.63, 3.8) is 0 Å². The number of thioether (sulfide) groups is 1. The Morgan fingerprint density at radius 1 is 1.58 bits per heavy atom. The van der Waals surface area contributed by atoms with Crippen molar-refractivity contribution in [3.05, 3.63) is 35.9 Å². The molecule has 0 aliphatic heterocycles. The molecule has 0 amide bonds. The van der Waals surface area contributed by atoms with Crippen LogP contribution in [0.25, 0.3) is 6.08 Å². The summed E-state index contributed by atoms with van der Waals surface area (Å²) in [6.45, 7) is 3.72. The number of benzene rings is 1. The second-order valence-corrected chi connectivity index (χ2v) is 3.52. The molecule has 1 rings (SSSR count). The van der Waals surface area contributed by atoms with E-state index in [9.17, 15) is 0 Å². The first-order valence-electron chi connectivity index (χ1n) is 3.67. The van der Waals surface area contributed by atoms with Gasteiger partial charge < -0.3 is 0 Å². The first-order valence-corrected chi connectivity index (χ1v) is 5.43. The van der Waals surface area contributed by atoms with Crippen LogP contribution >= 0.6 is 23.4 Å². The van der Waals surface area contributed by atoms with Crippen molar-refractivity contribution in [1.82, 2.24) is 0 Å². The molecule has 0 unspecified atom stereocenters. The summed E-state index contributed by atoms with van der Waals surface area (Å²) in [7, 11) is 0. The third-order valence-electron chi connectivity index (χ3n) is 1.69. The zero-order chi connectivity index (χ0) is 8.97. The zero-order valence-electron chi connectivity index (χ0n) is 7.01. The van der Waals surface area contributed by atoms with Crippen LogP contribution in [0.4, 0.5) is 0 Å². The summed E-state index contributed by atoms with van der Waals surface area (Å²) < 4.78 is 0. The first kappa shape index (κ1) is 9.69. The third-order valence-corrected chi connectivity index (χ3v) is 2.80. The number of halogens is 1. The Hall–Kier alpha value is -0.400. The van der Waals surface area contributed by atoms with Crippen LogP contribution in [0.1, 0.15) is 11.1 Å². The first-order chi connectivity index (χ1) is 5.81. The Kier molecular flexibility index (Phi) is 3.70. The van der Waals surface area contributed by atoms with E-state index < -0.39 is 0 Å². The van der Waals surface area contributed by atoms with Crippen LogP contribution in [0, 0.1) is 0 Å². The highest BCUT2D eigenvalue weighted by Gasteiger charge is 1.99. The lowest BCUT2D eigenvalue weighted by Crippen LogP contribution is -1.83. The van der Waals surface area contributed by atoms with Gasteiger partial charge in [0.1, 0.15) is 0 Å². The number of rotatable bonds is 3. The van der Waals surface area contributed by atoms with Crippen LogP contribution in [-0.2, 0) is 5.88 Å². The quantitative estimate of drug-likeness (QED) is 0.526. The van der Waals surface area contributed by atoms with E-state index in [0.717, 1.165) is 5.56 Å². The second kappa shape index (κ2) is 4.58. The molecule has 0 nitrogen and oxygen atoms in total. The van der Waals surface area contributed by atoms with Gasteiger partial charge in [0, 0.05) is 10.8 Å². The minimum absolute atomic E-state index is 0.577. The smallest absolute Gasteiger partial charge is 0.0485 e. The molecule has 0 aromatic heterocycles. The van der Waals surface area contributed by atoms with Gasteiger partial charge in [-0.05, 0) is 23.4 Å². The summed E-state index contributed by atoms with van der Waals surface area (Å²) in [5.74, 6) is 0.577. The molecular formula is C10H11ClS. The average molecular weight is 199 g/mol. The van der Waals surface area contributed by atoms with Gasteiger partial charge in [0.05, 0.1) is 0 Å². The lowest BCUT2D eigenvalue weighted by atomic mass is 10.1. The molecule has 0 atom stereocenters. The maximum atomic E-state index is 5.77. The number of hydrogen-bond acceptors (Lipinski definition) is 1. The van der Waals surface area contributed by atoms with E-state index in [1.807, 2.05) is 12.1 Å². The summed E-state index contributed by atoms with van der Waals surface area (Å²) in [6.07, 6.45) is 3.90. The molecule has 64 valence electrons. The summed E-state index contributed by atoms with van der Waals surface area (Å²) in [6, 6.07) is 6.19. The van der Waals surface area contributed by atoms with E-state index in [2.05, 4.69) is 25.0 Å². The minimum Gasteiger partial charge on any atom is -0.129 e. The van der Waals surface area contributed by atoms with Gasteiger partial charge in [-0.25, -0.2) is 0 Å². The Labute approximate surface area is 82.6 Å². The van der Waals surface area contributed by atoms with E-state index >= 15 is 0 Å².